The fraction of sp³-hybridized carbons (Fsp3) is 0.111. The molecular formula is C9H7BrN2OS2. The number of methoxy groups -OCH3 is 1. The summed E-state index contributed by atoms with van der Waals surface area (Å²) in [5, 5.41) is 7.90. The molecular weight excluding hydrogens is 296 g/mol. The second kappa shape index (κ2) is 4.96. The van der Waals surface area contributed by atoms with Gasteiger partial charge in [-0.3, -0.25) is 0 Å². The minimum atomic E-state index is 0.799. The fourth-order valence-electron chi connectivity index (χ4n) is 1.000. The van der Waals surface area contributed by atoms with E-state index in [-0.39, 0.29) is 0 Å². The Hall–Kier alpha value is -0.590. The third-order valence-corrected chi connectivity index (χ3v) is 4.02. The van der Waals surface area contributed by atoms with Gasteiger partial charge in [0.2, 0.25) is 0 Å². The van der Waals surface area contributed by atoms with Crippen LogP contribution >= 0.6 is 39.0 Å². The number of hydrogen-bond donors (Lipinski definition) is 0. The predicted molar refractivity (Wildman–Crippen MR) is 64.7 cm³/mol. The van der Waals surface area contributed by atoms with Crippen LogP contribution in [0.2, 0.25) is 0 Å². The lowest BCUT2D eigenvalue weighted by atomic mass is 10.3. The average molecular weight is 303 g/mol. The van der Waals surface area contributed by atoms with Crippen molar-refractivity contribution in [2.45, 2.75) is 9.24 Å². The van der Waals surface area contributed by atoms with Gasteiger partial charge in [-0.05, 0) is 34.1 Å². The fourth-order valence-corrected chi connectivity index (χ4v) is 3.46. The van der Waals surface area contributed by atoms with Gasteiger partial charge in [0.1, 0.15) is 5.75 Å². The van der Waals surface area contributed by atoms with E-state index in [4.69, 9.17) is 4.74 Å². The van der Waals surface area contributed by atoms with Crippen LogP contribution in [0.1, 0.15) is 0 Å². The standard InChI is InChI=1S/C9H7BrN2OS2/c1-13-6-3-2-4-7(5-6)14-9-12-11-8(10)15-9/h2-5H,1H3. The number of hydrogen-bond acceptors (Lipinski definition) is 5. The van der Waals surface area contributed by atoms with Crippen molar-refractivity contribution in [3.8, 4) is 5.75 Å². The van der Waals surface area contributed by atoms with E-state index in [0.29, 0.717) is 0 Å². The van der Waals surface area contributed by atoms with E-state index in [1.807, 2.05) is 24.3 Å². The van der Waals surface area contributed by atoms with Crippen molar-refractivity contribution in [2.24, 2.45) is 0 Å². The first kappa shape index (κ1) is 10.9. The number of benzene rings is 1. The van der Waals surface area contributed by atoms with Gasteiger partial charge < -0.3 is 4.74 Å². The highest BCUT2D eigenvalue weighted by atomic mass is 79.9. The molecule has 0 saturated heterocycles. The maximum atomic E-state index is 5.14. The van der Waals surface area contributed by atoms with Crippen molar-refractivity contribution in [1.82, 2.24) is 10.2 Å². The summed E-state index contributed by atoms with van der Waals surface area (Å²) in [5.41, 5.74) is 0. The molecule has 0 saturated carbocycles. The molecule has 0 bridgehead atoms. The van der Waals surface area contributed by atoms with Gasteiger partial charge in [-0.2, -0.15) is 0 Å². The molecule has 0 aliphatic rings. The number of halogens is 1. The zero-order valence-corrected chi connectivity index (χ0v) is 11.0. The van der Waals surface area contributed by atoms with Crippen LogP contribution in [0.3, 0.4) is 0 Å². The van der Waals surface area contributed by atoms with Crippen LogP contribution < -0.4 is 4.74 Å². The van der Waals surface area contributed by atoms with Gasteiger partial charge in [0.15, 0.2) is 8.26 Å². The van der Waals surface area contributed by atoms with Gasteiger partial charge in [-0.15, -0.1) is 10.2 Å². The Labute approximate surface area is 104 Å². The molecule has 0 aliphatic heterocycles. The highest BCUT2D eigenvalue weighted by Gasteiger charge is 2.04. The Kier molecular flexibility index (Phi) is 3.61. The molecule has 0 aliphatic carbocycles. The van der Waals surface area contributed by atoms with Crippen molar-refractivity contribution in [2.75, 3.05) is 7.11 Å². The summed E-state index contributed by atoms with van der Waals surface area (Å²) >= 11 is 6.37. The maximum Gasteiger partial charge on any atom is 0.184 e. The molecule has 2 rings (SSSR count). The molecule has 0 N–H and O–H groups in total. The molecule has 15 heavy (non-hydrogen) atoms. The van der Waals surface area contributed by atoms with E-state index in [9.17, 15) is 0 Å². The molecule has 0 atom stereocenters. The highest BCUT2D eigenvalue weighted by Crippen LogP contribution is 2.33. The number of rotatable bonds is 3. The molecule has 78 valence electrons. The Morgan fingerprint density at radius 3 is 2.93 bits per heavy atom. The van der Waals surface area contributed by atoms with Gasteiger partial charge in [0.25, 0.3) is 0 Å². The number of aromatic nitrogens is 2. The summed E-state index contributed by atoms with van der Waals surface area (Å²) in [6.07, 6.45) is 0. The molecule has 6 heteroatoms. The van der Waals surface area contributed by atoms with Crippen molar-refractivity contribution >= 4 is 39.0 Å². The van der Waals surface area contributed by atoms with Crippen molar-refractivity contribution in [3.05, 3.63) is 28.2 Å². The van der Waals surface area contributed by atoms with Gasteiger partial charge in [0, 0.05) is 4.90 Å². The summed E-state index contributed by atoms with van der Waals surface area (Å²) in [4.78, 5) is 1.10. The van der Waals surface area contributed by atoms with E-state index in [1.54, 1.807) is 18.9 Å². The summed E-state index contributed by atoms with van der Waals surface area (Å²) in [5.74, 6) is 0.851. The minimum Gasteiger partial charge on any atom is -0.497 e. The van der Waals surface area contributed by atoms with E-state index >= 15 is 0 Å². The molecule has 1 aromatic carbocycles. The van der Waals surface area contributed by atoms with Gasteiger partial charge >= 0.3 is 0 Å². The first-order valence-electron chi connectivity index (χ1n) is 4.09. The average Bonchev–Trinajstić information content (AvgIpc) is 2.64. The molecule has 3 nitrogen and oxygen atoms in total. The van der Waals surface area contributed by atoms with E-state index in [1.165, 1.54) is 11.3 Å². The second-order valence-electron chi connectivity index (χ2n) is 2.60. The lowest BCUT2D eigenvalue weighted by Gasteiger charge is -2.01. The zero-order chi connectivity index (χ0) is 10.7. The summed E-state index contributed by atoms with van der Waals surface area (Å²) < 4.78 is 6.85. The normalized spacial score (nSPS) is 10.3. The predicted octanol–water partition coefficient (Wildman–Crippen LogP) is 3.46. The largest absolute Gasteiger partial charge is 0.497 e. The topological polar surface area (TPSA) is 35.0 Å². The van der Waals surface area contributed by atoms with Gasteiger partial charge in [-0.1, -0.05) is 29.2 Å². The van der Waals surface area contributed by atoms with Crippen LogP contribution in [-0.4, -0.2) is 17.3 Å². The van der Waals surface area contributed by atoms with Gasteiger partial charge in [0.05, 0.1) is 7.11 Å². The van der Waals surface area contributed by atoms with Crippen LogP contribution in [-0.2, 0) is 0 Å². The number of nitrogens with zero attached hydrogens (tertiary/aromatic N) is 2. The Morgan fingerprint density at radius 1 is 1.40 bits per heavy atom. The van der Waals surface area contributed by atoms with E-state index in [0.717, 1.165) is 18.9 Å². The Balaban J connectivity index is 2.16. The van der Waals surface area contributed by atoms with Crippen LogP contribution in [0, 0.1) is 0 Å². The van der Waals surface area contributed by atoms with E-state index in [2.05, 4.69) is 26.1 Å². The zero-order valence-electron chi connectivity index (χ0n) is 7.81. The first-order chi connectivity index (χ1) is 7.28. The SMILES string of the molecule is COc1cccc(Sc2nnc(Br)s2)c1. The van der Waals surface area contributed by atoms with E-state index < -0.39 is 0 Å². The lowest BCUT2D eigenvalue weighted by Crippen LogP contribution is -1.81. The lowest BCUT2D eigenvalue weighted by molar-refractivity contribution is 0.413. The van der Waals surface area contributed by atoms with Crippen LogP contribution in [0.15, 0.2) is 37.4 Å². The molecule has 0 spiro atoms. The maximum absolute atomic E-state index is 5.14. The van der Waals surface area contributed by atoms with Gasteiger partial charge in [-0.25, -0.2) is 0 Å². The highest BCUT2D eigenvalue weighted by molar-refractivity contribution is 9.11. The molecule has 2 aromatic rings. The molecule has 0 radical (unpaired) electrons. The van der Waals surface area contributed by atoms with Crippen molar-refractivity contribution < 1.29 is 4.74 Å². The van der Waals surface area contributed by atoms with Crippen molar-refractivity contribution in [1.29, 1.82) is 0 Å². The third-order valence-electron chi connectivity index (χ3n) is 1.63. The summed E-state index contributed by atoms with van der Waals surface area (Å²) in [6, 6.07) is 7.86. The first-order valence-corrected chi connectivity index (χ1v) is 6.51. The monoisotopic (exact) mass is 302 g/mol. The van der Waals surface area contributed by atoms with Crippen molar-refractivity contribution in [3.63, 3.8) is 0 Å². The number of ether oxygens (including phenoxy) is 1. The van der Waals surface area contributed by atoms with Crippen LogP contribution in [0.5, 0.6) is 5.75 Å². The molecule has 0 amide bonds. The quantitative estimate of drug-likeness (QED) is 0.870. The Morgan fingerprint density at radius 2 is 2.27 bits per heavy atom. The Bertz CT molecular complexity index is 461. The molecule has 0 fully saturated rings. The second-order valence-corrected chi connectivity index (χ2v) is 6.18. The minimum absolute atomic E-state index is 0.799. The third kappa shape index (κ3) is 2.93. The van der Waals surface area contributed by atoms with Crippen LogP contribution in [0.4, 0.5) is 0 Å². The molecule has 0 unspecified atom stereocenters. The molecule has 1 heterocycles. The summed E-state index contributed by atoms with van der Waals surface area (Å²) in [7, 11) is 1.66. The smallest absolute Gasteiger partial charge is 0.184 e. The van der Waals surface area contributed by atoms with Crippen LogP contribution in [0.25, 0.3) is 0 Å². The summed E-state index contributed by atoms with van der Waals surface area (Å²) in [6.45, 7) is 0. The molecule has 1 aromatic heterocycles.